The first-order chi connectivity index (χ1) is 9.63. The third-order valence-electron chi connectivity index (χ3n) is 3.69. The van der Waals surface area contributed by atoms with Crippen molar-refractivity contribution < 1.29 is 9.47 Å². The number of benzene rings is 1. The molecule has 0 saturated carbocycles. The molecule has 0 radical (unpaired) electrons. The topological polar surface area (TPSA) is 47.7 Å². The molecule has 2 rings (SSSR count). The lowest BCUT2D eigenvalue weighted by molar-refractivity contribution is -0.0799. The summed E-state index contributed by atoms with van der Waals surface area (Å²) < 4.78 is 11.3. The van der Waals surface area contributed by atoms with Crippen LogP contribution < -0.4 is 10.5 Å². The van der Waals surface area contributed by atoms with Gasteiger partial charge >= 0.3 is 0 Å². The lowest BCUT2D eigenvalue weighted by Crippen LogP contribution is -2.48. The van der Waals surface area contributed by atoms with E-state index in [-0.39, 0.29) is 18.2 Å². The second kappa shape index (κ2) is 7.07. The Hall–Kier alpha value is -1.10. The molecule has 0 aromatic heterocycles. The van der Waals surface area contributed by atoms with Crippen molar-refractivity contribution in [1.29, 1.82) is 0 Å². The largest absolute Gasteiger partial charge is 0.494 e. The minimum atomic E-state index is 0.250. The van der Waals surface area contributed by atoms with E-state index in [1.54, 1.807) is 0 Å². The Balaban J connectivity index is 2.10. The zero-order valence-electron chi connectivity index (χ0n) is 12.7. The van der Waals surface area contributed by atoms with Crippen molar-refractivity contribution in [2.45, 2.75) is 39.0 Å². The molecule has 3 atom stereocenters. The van der Waals surface area contributed by atoms with Crippen LogP contribution in [0.1, 0.15) is 32.4 Å². The average molecular weight is 278 g/mol. The first-order valence-electron chi connectivity index (χ1n) is 7.46. The highest BCUT2D eigenvalue weighted by atomic mass is 16.5. The van der Waals surface area contributed by atoms with Crippen molar-refractivity contribution in [3.63, 3.8) is 0 Å². The molecule has 0 bridgehead atoms. The van der Waals surface area contributed by atoms with E-state index < -0.39 is 0 Å². The van der Waals surface area contributed by atoms with Gasteiger partial charge in [-0.15, -0.1) is 0 Å². The van der Waals surface area contributed by atoms with Gasteiger partial charge in [0.15, 0.2) is 0 Å². The normalized spacial score (nSPS) is 25.4. The summed E-state index contributed by atoms with van der Waals surface area (Å²) >= 11 is 0. The predicted octanol–water partition coefficient (Wildman–Crippen LogP) is 2.19. The maximum absolute atomic E-state index is 6.01. The molecule has 1 aliphatic rings. The Kier molecular flexibility index (Phi) is 5.40. The van der Waals surface area contributed by atoms with Gasteiger partial charge in [0.2, 0.25) is 0 Å². The maximum Gasteiger partial charge on any atom is 0.119 e. The summed E-state index contributed by atoms with van der Waals surface area (Å²) in [6.45, 7) is 9.40. The number of hydrogen-bond acceptors (Lipinski definition) is 4. The molecule has 0 spiro atoms. The predicted molar refractivity (Wildman–Crippen MR) is 81.0 cm³/mol. The quantitative estimate of drug-likeness (QED) is 0.897. The van der Waals surface area contributed by atoms with Gasteiger partial charge in [-0.25, -0.2) is 0 Å². The van der Waals surface area contributed by atoms with Gasteiger partial charge in [-0.3, -0.25) is 4.90 Å². The standard InChI is InChI=1S/C16H26N2O2/c1-4-19-15-7-5-14(6-8-15)16(9-17)18-10-12(2)20-13(3)11-18/h5-8,12-13,16H,4,9-11,17H2,1-3H3/t12-,13+,16-/m0/s1. The zero-order valence-corrected chi connectivity index (χ0v) is 12.7. The third-order valence-corrected chi connectivity index (χ3v) is 3.69. The zero-order chi connectivity index (χ0) is 14.5. The molecule has 1 aliphatic heterocycles. The lowest BCUT2D eigenvalue weighted by atomic mass is 10.0. The van der Waals surface area contributed by atoms with E-state index in [0.29, 0.717) is 13.2 Å². The van der Waals surface area contributed by atoms with Gasteiger partial charge in [-0.2, -0.15) is 0 Å². The van der Waals surface area contributed by atoms with Crippen LogP contribution in [0.25, 0.3) is 0 Å². The summed E-state index contributed by atoms with van der Waals surface area (Å²) in [4.78, 5) is 2.43. The third kappa shape index (κ3) is 3.72. The van der Waals surface area contributed by atoms with Gasteiger partial charge in [0.25, 0.3) is 0 Å². The summed E-state index contributed by atoms with van der Waals surface area (Å²) in [7, 11) is 0. The number of hydrogen-bond donors (Lipinski definition) is 1. The number of nitrogens with zero attached hydrogens (tertiary/aromatic N) is 1. The Morgan fingerprint density at radius 2 is 1.85 bits per heavy atom. The number of ether oxygens (including phenoxy) is 2. The van der Waals surface area contributed by atoms with Gasteiger partial charge in [0.05, 0.1) is 18.8 Å². The SMILES string of the molecule is CCOc1ccc([C@H](CN)N2C[C@@H](C)O[C@@H](C)C2)cc1. The molecule has 4 nitrogen and oxygen atoms in total. The fraction of sp³-hybridized carbons (Fsp3) is 0.625. The van der Waals surface area contributed by atoms with Crippen LogP contribution in [0.5, 0.6) is 5.75 Å². The first-order valence-corrected chi connectivity index (χ1v) is 7.46. The summed E-state index contributed by atoms with van der Waals surface area (Å²) in [5.74, 6) is 0.913. The number of morpholine rings is 1. The highest BCUT2D eigenvalue weighted by Gasteiger charge is 2.28. The molecule has 112 valence electrons. The van der Waals surface area contributed by atoms with E-state index in [1.165, 1.54) is 5.56 Å². The van der Waals surface area contributed by atoms with Crippen LogP contribution >= 0.6 is 0 Å². The van der Waals surface area contributed by atoms with E-state index in [9.17, 15) is 0 Å². The van der Waals surface area contributed by atoms with Crippen LogP contribution in [0.15, 0.2) is 24.3 Å². The van der Waals surface area contributed by atoms with Crippen LogP contribution in [0, 0.1) is 0 Å². The molecule has 20 heavy (non-hydrogen) atoms. The summed E-state index contributed by atoms with van der Waals surface area (Å²) in [6.07, 6.45) is 0.519. The summed E-state index contributed by atoms with van der Waals surface area (Å²) in [6, 6.07) is 8.53. The van der Waals surface area contributed by atoms with E-state index in [0.717, 1.165) is 18.8 Å². The molecule has 1 saturated heterocycles. The highest BCUT2D eigenvalue weighted by molar-refractivity contribution is 5.29. The molecule has 2 N–H and O–H groups in total. The van der Waals surface area contributed by atoms with Gasteiger partial charge in [0, 0.05) is 25.7 Å². The van der Waals surface area contributed by atoms with Crippen molar-refractivity contribution in [3.05, 3.63) is 29.8 Å². The van der Waals surface area contributed by atoms with Gasteiger partial charge in [0.1, 0.15) is 5.75 Å². The number of nitrogens with two attached hydrogens (primary N) is 1. The second-order valence-corrected chi connectivity index (χ2v) is 5.46. The summed E-state index contributed by atoms with van der Waals surface area (Å²) in [5, 5.41) is 0. The van der Waals surface area contributed by atoms with Gasteiger partial charge in [-0.05, 0) is 38.5 Å². The first kappa shape index (κ1) is 15.3. The summed E-state index contributed by atoms with van der Waals surface area (Å²) in [5.41, 5.74) is 7.26. The van der Waals surface area contributed by atoms with Crippen LogP contribution in [0.4, 0.5) is 0 Å². The smallest absolute Gasteiger partial charge is 0.119 e. The van der Waals surface area contributed by atoms with E-state index in [2.05, 4.69) is 30.9 Å². The Morgan fingerprint density at radius 1 is 1.25 bits per heavy atom. The number of rotatable bonds is 5. The molecule has 1 heterocycles. The highest BCUT2D eigenvalue weighted by Crippen LogP contribution is 2.25. The monoisotopic (exact) mass is 278 g/mol. The lowest BCUT2D eigenvalue weighted by Gasteiger charge is -2.40. The molecule has 0 unspecified atom stereocenters. The van der Waals surface area contributed by atoms with Gasteiger partial charge < -0.3 is 15.2 Å². The minimum Gasteiger partial charge on any atom is -0.494 e. The molecule has 1 aromatic rings. The molecular weight excluding hydrogens is 252 g/mol. The Morgan fingerprint density at radius 3 is 2.35 bits per heavy atom. The fourth-order valence-corrected chi connectivity index (χ4v) is 2.92. The second-order valence-electron chi connectivity index (χ2n) is 5.46. The van der Waals surface area contributed by atoms with Crippen LogP contribution in [-0.4, -0.2) is 43.3 Å². The van der Waals surface area contributed by atoms with E-state index >= 15 is 0 Å². The molecule has 0 aliphatic carbocycles. The molecular formula is C16H26N2O2. The van der Waals surface area contributed by atoms with Crippen molar-refractivity contribution in [2.24, 2.45) is 5.73 Å². The van der Waals surface area contributed by atoms with Crippen LogP contribution in [0.2, 0.25) is 0 Å². The molecule has 4 heteroatoms. The minimum absolute atomic E-state index is 0.250. The maximum atomic E-state index is 6.01. The van der Waals surface area contributed by atoms with Crippen molar-refractivity contribution >= 4 is 0 Å². The van der Waals surface area contributed by atoms with Crippen LogP contribution in [-0.2, 0) is 4.74 Å². The Bertz CT molecular complexity index is 397. The molecule has 0 amide bonds. The Labute approximate surface area is 121 Å². The van der Waals surface area contributed by atoms with Crippen molar-refractivity contribution in [3.8, 4) is 5.75 Å². The van der Waals surface area contributed by atoms with Crippen molar-refractivity contribution in [1.82, 2.24) is 4.90 Å². The van der Waals surface area contributed by atoms with Gasteiger partial charge in [-0.1, -0.05) is 12.1 Å². The van der Waals surface area contributed by atoms with E-state index in [1.807, 2.05) is 19.1 Å². The van der Waals surface area contributed by atoms with Crippen molar-refractivity contribution in [2.75, 3.05) is 26.2 Å². The average Bonchev–Trinajstić information content (AvgIpc) is 2.41. The van der Waals surface area contributed by atoms with E-state index in [4.69, 9.17) is 15.2 Å². The molecule has 1 fully saturated rings. The van der Waals surface area contributed by atoms with Crippen LogP contribution in [0.3, 0.4) is 0 Å². The fourth-order valence-electron chi connectivity index (χ4n) is 2.92. The molecule has 1 aromatic carbocycles.